The summed E-state index contributed by atoms with van der Waals surface area (Å²) in [7, 11) is 0. The van der Waals surface area contributed by atoms with Crippen molar-refractivity contribution >= 4 is 17.4 Å². The number of carbonyl (C=O) groups is 1. The maximum absolute atomic E-state index is 14.0. The van der Waals surface area contributed by atoms with Crippen LogP contribution in [-0.4, -0.2) is 20.4 Å². The smallest absolute Gasteiger partial charge is 0.219 e. The van der Waals surface area contributed by atoms with Gasteiger partial charge in [0, 0.05) is 10.6 Å². The first-order chi connectivity index (χ1) is 11.4. The second-order valence-corrected chi connectivity index (χ2v) is 5.81. The lowest BCUT2D eigenvalue weighted by Gasteiger charge is -2.13. The van der Waals surface area contributed by atoms with Gasteiger partial charge in [-0.15, -0.1) is 0 Å². The minimum absolute atomic E-state index is 0.0602. The second-order valence-electron chi connectivity index (χ2n) is 5.37. The number of aryl methyl sites for hydroxylation is 2. The number of nitrogens with zero attached hydrogens (tertiary/aromatic N) is 2. The van der Waals surface area contributed by atoms with Crippen LogP contribution in [0.5, 0.6) is 5.88 Å². The quantitative estimate of drug-likeness (QED) is 0.724. The molecule has 0 aliphatic rings. The Morgan fingerprint density at radius 2 is 1.88 bits per heavy atom. The van der Waals surface area contributed by atoms with Crippen LogP contribution >= 0.6 is 11.6 Å². The van der Waals surface area contributed by atoms with E-state index in [2.05, 4.69) is 4.98 Å². The van der Waals surface area contributed by atoms with E-state index < -0.39 is 11.6 Å². The monoisotopic (exact) mass is 344 g/mol. The van der Waals surface area contributed by atoms with Gasteiger partial charge in [-0.3, -0.25) is 9.36 Å². The first-order valence-corrected chi connectivity index (χ1v) is 7.62. The van der Waals surface area contributed by atoms with Crippen molar-refractivity contribution < 1.29 is 14.3 Å². The van der Waals surface area contributed by atoms with E-state index in [4.69, 9.17) is 11.6 Å². The minimum atomic E-state index is -0.615. The van der Waals surface area contributed by atoms with E-state index in [1.807, 2.05) is 0 Å². The molecule has 0 fully saturated rings. The highest BCUT2D eigenvalue weighted by Gasteiger charge is 2.21. The second kappa shape index (κ2) is 6.09. The third-order valence-corrected chi connectivity index (χ3v) is 3.99. The number of hydrogen-bond acceptors (Lipinski definition) is 3. The van der Waals surface area contributed by atoms with Crippen molar-refractivity contribution in [2.24, 2.45) is 0 Å². The Hall–Kier alpha value is -2.66. The molecule has 0 aliphatic carbocycles. The van der Waals surface area contributed by atoms with E-state index in [0.29, 0.717) is 22.2 Å². The van der Waals surface area contributed by atoms with Crippen LogP contribution in [0.2, 0.25) is 5.02 Å². The number of hydrogen-bond donors (Lipinski definition) is 1. The summed E-state index contributed by atoms with van der Waals surface area (Å²) in [4.78, 5) is 17.0. The molecule has 1 N–H and O–H groups in total. The van der Waals surface area contributed by atoms with Crippen LogP contribution in [0, 0.1) is 19.7 Å². The molecule has 1 aromatic heterocycles. The standard InChI is InChI=1S/C18H14ClFN2O2/c1-10-18(24)22(11(2)21-10)16-8-7-12(19)9-14(16)17(23)13-5-3-4-6-15(13)20/h3-9,24H,1-2H3. The Bertz CT molecular complexity index is 950. The van der Waals surface area contributed by atoms with Gasteiger partial charge in [-0.2, -0.15) is 0 Å². The van der Waals surface area contributed by atoms with Crippen LogP contribution < -0.4 is 0 Å². The van der Waals surface area contributed by atoms with Gasteiger partial charge in [-0.05, 0) is 44.2 Å². The fourth-order valence-electron chi connectivity index (χ4n) is 2.62. The Balaban J connectivity index is 2.24. The zero-order chi connectivity index (χ0) is 17.4. The molecule has 24 heavy (non-hydrogen) atoms. The summed E-state index contributed by atoms with van der Waals surface area (Å²) in [6.45, 7) is 3.37. The van der Waals surface area contributed by atoms with Gasteiger partial charge in [0.25, 0.3) is 0 Å². The number of rotatable bonds is 3. The van der Waals surface area contributed by atoms with E-state index in [9.17, 15) is 14.3 Å². The van der Waals surface area contributed by atoms with Crippen molar-refractivity contribution in [2.45, 2.75) is 13.8 Å². The molecule has 0 unspecified atom stereocenters. The van der Waals surface area contributed by atoms with Crippen LogP contribution in [0.1, 0.15) is 27.4 Å². The highest BCUT2D eigenvalue weighted by Crippen LogP contribution is 2.29. The average molecular weight is 345 g/mol. The largest absolute Gasteiger partial charge is 0.493 e. The van der Waals surface area contributed by atoms with Crippen LogP contribution in [0.4, 0.5) is 4.39 Å². The Kier molecular flexibility index (Phi) is 4.11. The summed E-state index contributed by atoms with van der Waals surface area (Å²) in [6, 6.07) is 10.4. The van der Waals surface area contributed by atoms with E-state index in [0.717, 1.165) is 0 Å². The highest BCUT2D eigenvalue weighted by molar-refractivity contribution is 6.31. The normalized spacial score (nSPS) is 10.8. The molecule has 0 spiro atoms. The number of ketones is 1. The number of aromatic hydroxyl groups is 1. The molecule has 0 amide bonds. The molecular formula is C18H14ClFN2O2. The fourth-order valence-corrected chi connectivity index (χ4v) is 2.79. The summed E-state index contributed by atoms with van der Waals surface area (Å²) in [5.74, 6) is -0.695. The van der Waals surface area contributed by atoms with Gasteiger partial charge in [0.2, 0.25) is 5.88 Å². The van der Waals surface area contributed by atoms with Gasteiger partial charge in [-0.1, -0.05) is 23.7 Å². The topological polar surface area (TPSA) is 55.1 Å². The van der Waals surface area contributed by atoms with Crippen LogP contribution in [0.25, 0.3) is 5.69 Å². The summed E-state index contributed by atoms with van der Waals surface area (Å²) in [5.41, 5.74) is 0.952. The van der Waals surface area contributed by atoms with E-state index in [1.165, 1.54) is 28.8 Å². The molecule has 0 saturated heterocycles. The average Bonchev–Trinajstić information content (AvgIpc) is 2.80. The Morgan fingerprint density at radius 3 is 2.50 bits per heavy atom. The molecule has 0 radical (unpaired) electrons. The molecule has 6 heteroatoms. The molecule has 3 aromatic rings. The van der Waals surface area contributed by atoms with Crippen molar-refractivity contribution in [1.29, 1.82) is 0 Å². The number of halogens is 2. The number of imidazole rings is 1. The van der Waals surface area contributed by atoms with Gasteiger partial charge in [0.1, 0.15) is 11.6 Å². The first kappa shape index (κ1) is 16.2. The molecule has 0 atom stereocenters. The summed E-state index contributed by atoms with van der Waals surface area (Å²) < 4.78 is 15.4. The lowest BCUT2D eigenvalue weighted by Crippen LogP contribution is -2.10. The number of aromatic nitrogens is 2. The summed E-state index contributed by atoms with van der Waals surface area (Å²) >= 11 is 6.03. The van der Waals surface area contributed by atoms with Gasteiger partial charge < -0.3 is 5.11 Å². The third kappa shape index (κ3) is 2.67. The van der Waals surface area contributed by atoms with Crippen molar-refractivity contribution in [1.82, 2.24) is 9.55 Å². The van der Waals surface area contributed by atoms with Crippen LogP contribution in [0.3, 0.4) is 0 Å². The SMILES string of the molecule is Cc1nc(C)n(-c2ccc(Cl)cc2C(=O)c2ccccc2F)c1O. The molecule has 0 aliphatic heterocycles. The van der Waals surface area contributed by atoms with Crippen LogP contribution in [-0.2, 0) is 0 Å². The molecule has 122 valence electrons. The van der Waals surface area contributed by atoms with Crippen molar-refractivity contribution in [3.8, 4) is 11.6 Å². The third-order valence-electron chi connectivity index (χ3n) is 3.75. The first-order valence-electron chi connectivity index (χ1n) is 7.24. The number of benzene rings is 2. The number of carbonyl (C=O) groups excluding carboxylic acids is 1. The van der Waals surface area contributed by atoms with Gasteiger partial charge >= 0.3 is 0 Å². The predicted octanol–water partition coefficient (Wildman–Crippen LogP) is 4.22. The van der Waals surface area contributed by atoms with Crippen LogP contribution in [0.15, 0.2) is 42.5 Å². The highest BCUT2D eigenvalue weighted by atomic mass is 35.5. The van der Waals surface area contributed by atoms with Gasteiger partial charge in [0.05, 0.1) is 16.9 Å². The Labute approximate surface area is 143 Å². The van der Waals surface area contributed by atoms with E-state index in [1.54, 1.807) is 32.0 Å². The molecule has 2 aromatic carbocycles. The van der Waals surface area contributed by atoms with Crippen molar-refractivity contribution in [3.05, 3.63) is 75.9 Å². The maximum atomic E-state index is 14.0. The summed E-state index contributed by atoms with van der Waals surface area (Å²) in [6.07, 6.45) is 0. The fraction of sp³-hybridized carbons (Fsp3) is 0.111. The molecule has 3 rings (SSSR count). The van der Waals surface area contributed by atoms with Gasteiger partial charge in [-0.25, -0.2) is 9.37 Å². The van der Waals surface area contributed by atoms with Crippen molar-refractivity contribution in [2.75, 3.05) is 0 Å². The minimum Gasteiger partial charge on any atom is -0.493 e. The van der Waals surface area contributed by atoms with Crippen molar-refractivity contribution in [3.63, 3.8) is 0 Å². The molecule has 4 nitrogen and oxygen atoms in total. The predicted molar refractivity (Wildman–Crippen MR) is 89.5 cm³/mol. The summed E-state index contributed by atoms with van der Waals surface area (Å²) in [5, 5.41) is 10.6. The lowest BCUT2D eigenvalue weighted by atomic mass is 10.0. The lowest BCUT2D eigenvalue weighted by molar-refractivity contribution is 0.103. The van der Waals surface area contributed by atoms with E-state index >= 15 is 0 Å². The molecule has 1 heterocycles. The molecular weight excluding hydrogens is 331 g/mol. The zero-order valence-corrected chi connectivity index (χ0v) is 13.8. The maximum Gasteiger partial charge on any atom is 0.219 e. The molecule has 0 saturated carbocycles. The zero-order valence-electron chi connectivity index (χ0n) is 13.0. The van der Waals surface area contributed by atoms with E-state index in [-0.39, 0.29) is 17.0 Å². The Morgan fingerprint density at radius 1 is 1.17 bits per heavy atom. The molecule has 0 bridgehead atoms. The van der Waals surface area contributed by atoms with Gasteiger partial charge in [0.15, 0.2) is 5.78 Å².